The number of carbonyl (C=O) groups excluding carboxylic acids is 2. The average Bonchev–Trinajstić information content (AvgIpc) is 3.25. The Hall–Kier alpha value is -1.55. The van der Waals surface area contributed by atoms with Crippen molar-refractivity contribution < 1.29 is 9.59 Å². The molecule has 0 saturated carbocycles. The smallest absolute Gasteiger partial charge is 0.246 e. The van der Waals surface area contributed by atoms with E-state index in [1.165, 1.54) is 11.8 Å². The summed E-state index contributed by atoms with van der Waals surface area (Å²) >= 11 is 7.71. The van der Waals surface area contributed by atoms with Crippen molar-refractivity contribution >= 4 is 47.5 Å². The Labute approximate surface area is 191 Å². The summed E-state index contributed by atoms with van der Waals surface area (Å²) in [5.74, 6) is -0.236. The van der Waals surface area contributed by atoms with E-state index >= 15 is 0 Å². The second-order valence-corrected chi connectivity index (χ2v) is 10.4. The molecule has 0 bridgehead atoms. The summed E-state index contributed by atoms with van der Waals surface area (Å²) < 4.78 is -0.474. The molecule has 0 spiro atoms. The number of primary amides is 1. The van der Waals surface area contributed by atoms with Crippen LogP contribution in [0.3, 0.4) is 0 Å². The second kappa shape index (κ2) is 11.2. The van der Waals surface area contributed by atoms with Crippen LogP contribution < -0.4 is 5.73 Å². The molecule has 1 aliphatic heterocycles. The molecule has 9 heteroatoms. The monoisotopic (exact) mass is 464 g/mol. The van der Waals surface area contributed by atoms with E-state index in [1.807, 2.05) is 29.3 Å². The van der Waals surface area contributed by atoms with Crippen LogP contribution in [-0.2, 0) is 16.1 Å². The number of hydrogen-bond acceptors (Lipinski definition) is 7. The summed E-state index contributed by atoms with van der Waals surface area (Å²) in [6.45, 7) is 4.33. The third-order valence-corrected chi connectivity index (χ3v) is 7.62. The zero-order valence-electron chi connectivity index (χ0n) is 17.0. The number of nitrogens with two attached hydrogens (primary N) is 1. The summed E-state index contributed by atoms with van der Waals surface area (Å²) in [6.07, 6.45) is 5.56. The van der Waals surface area contributed by atoms with Crippen LogP contribution in [0.1, 0.15) is 31.7 Å². The van der Waals surface area contributed by atoms with Crippen molar-refractivity contribution in [2.24, 2.45) is 5.73 Å². The Morgan fingerprint density at radius 3 is 2.63 bits per heavy atom. The van der Waals surface area contributed by atoms with Crippen LogP contribution in [0.4, 0.5) is 0 Å². The van der Waals surface area contributed by atoms with Crippen molar-refractivity contribution in [3.8, 4) is 0 Å². The Balaban J connectivity index is 1.67. The van der Waals surface area contributed by atoms with E-state index in [2.05, 4.69) is 34.0 Å². The van der Waals surface area contributed by atoms with Gasteiger partial charge in [0, 0.05) is 55.4 Å². The van der Waals surface area contributed by atoms with Gasteiger partial charge >= 0.3 is 0 Å². The van der Waals surface area contributed by atoms with Gasteiger partial charge in [0.1, 0.15) is 4.58 Å². The lowest BCUT2D eigenvalue weighted by Crippen LogP contribution is -2.50. The normalized spacial score (nSPS) is 17.4. The lowest BCUT2D eigenvalue weighted by molar-refractivity contribution is -0.133. The van der Waals surface area contributed by atoms with E-state index in [4.69, 9.17) is 5.73 Å². The quantitative estimate of drug-likeness (QED) is 0.338. The highest BCUT2D eigenvalue weighted by atomic mass is 32.2. The molecule has 2 amide bonds. The number of aromatic nitrogens is 1. The molecular formula is C21H28N4O2S3. The molecule has 0 aromatic carbocycles. The lowest BCUT2D eigenvalue weighted by Gasteiger charge is -2.41. The molecule has 162 valence electrons. The summed E-state index contributed by atoms with van der Waals surface area (Å²) in [6, 6.07) is 6.14. The molecular weight excluding hydrogens is 436 g/mol. The molecule has 0 aliphatic carbocycles. The van der Waals surface area contributed by atoms with Gasteiger partial charge in [0.05, 0.1) is 0 Å². The fraction of sp³-hybridized carbons (Fsp3) is 0.476. The number of thiol groups is 1. The van der Waals surface area contributed by atoms with Crippen molar-refractivity contribution in [3.05, 3.63) is 46.9 Å². The summed E-state index contributed by atoms with van der Waals surface area (Å²) in [5.41, 5.74) is 6.50. The summed E-state index contributed by atoms with van der Waals surface area (Å²) in [7, 11) is 0. The minimum atomic E-state index is -0.474. The maximum atomic E-state index is 13.4. The van der Waals surface area contributed by atoms with E-state index in [0.717, 1.165) is 36.4 Å². The third kappa shape index (κ3) is 6.47. The first-order chi connectivity index (χ1) is 14.4. The minimum Gasteiger partial charge on any atom is -0.370 e. The van der Waals surface area contributed by atoms with Crippen molar-refractivity contribution in [1.29, 1.82) is 0 Å². The molecule has 2 N–H and O–H groups in total. The summed E-state index contributed by atoms with van der Waals surface area (Å²) in [4.78, 5) is 33.9. The molecule has 2 aromatic heterocycles. The molecule has 6 nitrogen and oxygen atoms in total. The first-order valence-electron chi connectivity index (χ1n) is 10.0. The van der Waals surface area contributed by atoms with Gasteiger partial charge in [-0.1, -0.05) is 0 Å². The molecule has 1 saturated heterocycles. The molecule has 1 aliphatic rings. The van der Waals surface area contributed by atoms with Gasteiger partial charge in [0.2, 0.25) is 11.8 Å². The van der Waals surface area contributed by atoms with E-state index in [-0.39, 0.29) is 23.9 Å². The minimum absolute atomic E-state index is 0.0370. The predicted octanol–water partition coefficient (Wildman–Crippen LogP) is 3.25. The van der Waals surface area contributed by atoms with Gasteiger partial charge in [-0.2, -0.15) is 24.0 Å². The van der Waals surface area contributed by atoms with E-state index in [0.29, 0.717) is 13.0 Å². The largest absolute Gasteiger partial charge is 0.370 e. The van der Waals surface area contributed by atoms with Crippen molar-refractivity contribution in [3.63, 3.8) is 0 Å². The SMILES string of the molecule is CC(CC(N)=O)N1CCC(N(Cc2ccsc2)C(=O)C(S)Sc2ccncc2)CC1. The Morgan fingerprint density at radius 2 is 2.03 bits per heavy atom. The third-order valence-electron chi connectivity index (χ3n) is 5.38. The zero-order chi connectivity index (χ0) is 21.5. The van der Waals surface area contributed by atoms with Gasteiger partial charge in [-0.15, -0.1) is 11.8 Å². The number of hydrogen-bond donors (Lipinski definition) is 2. The number of amides is 2. The van der Waals surface area contributed by atoms with Crippen LogP contribution in [0.15, 0.2) is 46.2 Å². The van der Waals surface area contributed by atoms with Gasteiger partial charge in [-0.3, -0.25) is 19.5 Å². The van der Waals surface area contributed by atoms with Crippen LogP contribution in [0.5, 0.6) is 0 Å². The maximum Gasteiger partial charge on any atom is 0.246 e. The molecule has 2 atom stereocenters. The highest BCUT2D eigenvalue weighted by molar-refractivity contribution is 8.11. The van der Waals surface area contributed by atoms with E-state index < -0.39 is 4.58 Å². The number of thiophene rings is 1. The highest BCUT2D eigenvalue weighted by Crippen LogP contribution is 2.30. The van der Waals surface area contributed by atoms with Crippen LogP contribution in [0.2, 0.25) is 0 Å². The number of piperidine rings is 1. The zero-order valence-corrected chi connectivity index (χ0v) is 19.5. The predicted molar refractivity (Wildman–Crippen MR) is 126 cm³/mol. The van der Waals surface area contributed by atoms with Crippen molar-refractivity contribution in [2.45, 2.75) is 54.3 Å². The Morgan fingerprint density at radius 1 is 1.33 bits per heavy atom. The Kier molecular flexibility index (Phi) is 8.61. The number of pyridine rings is 1. The van der Waals surface area contributed by atoms with Gasteiger partial charge in [0.25, 0.3) is 0 Å². The van der Waals surface area contributed by atoms with E-state index in [1.54, 1.807) is 23.7 Å². The molecule has 2 unspecified atom stereocenters. The average molecular weight is 465 g/mol. The van der Waals surface area contributed by atoms with E-state index in [9.17, 15) is 9.59 Å². The molecule has 0 radical (unpaired) electrons. The molecule has 2 aromatic rings. The number of carbonyl (C=O) groups is 2. The maximum absolute atomic E-state index is 13.4. The fourth-order valence-corrected chi connectivity index (χ4v) is 5.71. The first kappa shape index (κ1) is 23.1. The Bertz CT molecular complexity index is 811. The lowest BCUT2D eigenvalue weighted by atomic mass is 10.00. The topological polar surface area (TPSA) is 79.5 Å². The van der Waals surface area contributed by atoms with Crippen LogP contribution in [0.25, 0.3) is 0 Å². The van der Waals surface area contributed by atoms with Crippen LogP contribution in [0, 0.1) is 0 Å². The molecule has 1 fully saturated rings. The highest BCUT2D eigenvalue weighted by Gasteiger charge is 2.32. The van der Waals surface area contributed by atoms with Crippen LogP contribution >= 0.6 is 35.7 Å². The second-order valence-electron chi connectivity index (χ2n) is 7.54. The van der Waals surface area contributed by atoms with Crippen molar-refractivity contribution in [2.75, 3.05) is 13.1 Å². The molecule has 3 heterocycles. The molecule has 30 heavy (non-hydrogen) atoms. The number of thioether (sulfide) groups is 1. The number of nitrogens with zero attached hydrogens (tertiary/aromatic N) is 3. The fourth-order valence-electron chi connectivity index (χ4n) is 3.76. The van der Waals surface area contributed by atoms with Gasteiger partial charge in [0.15, 0.2) is 0 Å². The standard InChI is InChI=1S/C21H28N4O2S3/c1-15(12-19(22)26)24-9-4-17(5-10-24)25(13-16-6-11-29-14-16)20(27)21(28)30-18-2-7-23-8-3-18/h2-3,6-8,11,14-15,17,21,28H,4-5,9-10,12-13H2,1H3,(H2,22,26). The molecule has 3 rings (SSSR count). The van der Waals surface area contributed by atoms with Gasteiger partial charge in [-0.25, -0.2) is 0 Å². The van der Waals surface area contributed by atoms with Crippen molar-refractivity contribution in [1.82, 2.24) is 14.8 Å². The van der Waals surface area contributed by atoms with Crippen LogP contribution in [-0.4, -0.2) is 56.4 Å². The van der Waals surface area contributed by atoms with Gasteiger partial charge in [-0.05, 0) is 54.3 Å². The first-order valence-corrected chi connectivity index (χ1v) is 12.4. The van der Waals surface area contributed by atoms with Gasteiger partial charge < -0.3 is 10.6 Å². The number of rotatable bonds is 9. The number of likely N-dealkylation sites (tertiary alicyclic amines) is 1. The summed E-state index contributed by atoms with van der Waals surface area (Å²) in [5, 5.41) is 4.13.